The zero-order valence-corrected chi connectivity index (χ0v) is 17.4. The molecule has 8 atom stereocenters. The van der Waals surface area contributed by atoms with E-state index in [-0.39, 0.29) is 0 Å². The van der Waals surface area contributed by atoms with Crippen molar-refractivity contribution in [2.75, 3.05) is 20.6 Å². The molecule has 4 saturated carbocycles. The Morgan fingerprint density at radius 1 is 1.15 bits per heavy atom. The summed E-state index contributed by atoms with van der Waals surface area (Å²) in [4.78, 5) is 15.9. The molecule has 1 heterocycles. The second-order valence-corrected chi connectivity index (χ2v) is 11.5. The number of hydrogen-bond donors (Lipinski definition) is 0. The summed E-state index contributed by atoms with van der Waals surface area (Å²) in [6.07, 6.45) is 16.1. The molecule has 148 valence electrons. The minimum atomic E-state index is 0.411. The van der Waals surface area contributed by atoms with Crippen LogP contribution in [0.2, 0.25) is 0 Å². The molecule has 0 aromatic rings. The highest BCUT2D eigenvalue weighted by atomic mass is 16.1. The number of hydrogen-bond acceptors (Lipinski definition) is 2. The lowest BCUT2D eigenvalue weighted by Crippen LogP contribution is -2.53. The Hall–Kier alpha value is -0.830. The van der Waals surface area contributed by atoms with Crippen LogP contribution in [0.15, 0.2) is 11.6 Å². The van der Waals surface area contributed by atoms with Crippen molar-refractivity contribution in [3.05, 3.63) is 11.6 Å². The van der Waals surface area contributed by atoms with Gasteiger partial charge >= 0.3 is 0 Å². The summed E-state index contributed by atoms with van der Waals surface area (Å²) < 4.78 is 0. The van der Waals surface area contributed by atoms with Crippen molar-refractivity contribution in [3.63, 3.8) is 0 Å². The smallest absolute Gasteiger partial charge is 0.209 e. The number of carbonyl (C=O) groups is 1. The summed E-state index contributed by atoms with van der Waals surface area (Å²) in [6, 6.07) is 1.36. The summed E-state index contributed by atoms with van der Waals surface area (Å²) in [5.41, 5.74) is 3.51. The molecular weight excluding hydrogens is 332 g/mol. The van der Waals surface area contributed by atoms with E-state index in [2.05, 4.69) is 24.9 Å². The fourth-order valence-corrected chi connectivity index (χ4v) is 9.64. The molecule has 1 amide bonds. The first kappa shape index (κ1) is 17.1. The average Bonchev–Trinajstić information content (AvgIpc) is 3.25. The Morgan fingerprint density at radius 3 is 2.70 bits per heavy atom. The van der Waals surface area contributed by atoms with Crippen molar-refractivity contribution in [2.24, 2.45) is 34.0 Å². The predicted molar refractivity (Wildman–Crippen MR) is 107 cm³/mol. The minimum absolute atomic E-state index is 0.411. The van der Waals surface area contributed by atoms with Gasteiger partial charge in [0, 0.05) is 25.7 Å². The van der Waals surface area contributed by atoms with E-state index in [1.807, 2.05) is 11.9 Å². The maximum atomic E-state index is 11.3. The number of piperidine rings is 1. The lowest BCUT2D eigenvalue weighted by Gasteiger charge is -2.59. The summed E-state index contributed by atoms with van der Waals surface area (Å²) in [5.74, 6) is 2.81. The van der Waals surface area contributed by atoms with E-state index in [9.17, 15) is 4.79 Å². The van der Waals surface area contributed by atoms with Gasteiger partial charge < -0.3 is 9.80 Å². The molecule has 0 N–H and O–H groups in total. The molecule has 6 rings (SSSR count). The van der Waals surface area contributed by atoms with Gasteiger partial charge in [-0.3, -0.25) is 4.79 Å². The zero-order chi connectivity index (χ0) is 18.6. The van der Waals surface area contributed by atoms with E-state index in [0.717, 1.165) is 42.0 Å². The maximum absolute atomic E-state index is 11.3. The Bertz CT molecular complexity index is 717. The normalized spacial score (nSPS) is 55.5. The summed E-state index contributed by atoms with van der Waals surface area (Å²) >= 11 is 0. The zero-order valence-electron chi connectivity index (χ0n) is 17.4. The highest BCUT2D eigenvalue weighted by Gasteiger charge is 2.78. The van der Waals surface area contributed by atoms with Crippen LogP contribution >= 0.6 is 0 Å². The van der Waals surface area contributed by atoms with Gasteiger partial charge in [-0.05, 0) is 98.8 Å². The van der Waals surface area contributed by atoms with Crippen LogP contribution < -0.4 is 0 Å². The standard InChI is InChI=1S/C24H36N2O/c1-22-9-6-17(26(3)15-27)12-16(22)4-5-18-19(22)7-11-24-14-25(2)21-13-23(21,24)10-8-20(18)24/h4,15,17-21H,5-14H2,1-3H3/t17-,18+,19?,20-,21-,22-,23-,24+/m0/s1. The van der Waals surface area contributed by atoms with Gasteiger partial charge in [0.15, 0.2) is 0 Å². The number of rotatable bonds is 2. The van der Waals surface area contributed by atoms with Gasteiger partial charge in [0.1, 0.15) is 0 Å². The van der Waals surface area contributed by atoms with Crippen LogP contribution in [0.5, 0.6) is 0 Å². The Labute approximate surface area is 164 Å². The van der Waals surface area contributed by atoms with E-state index in [4.69, 9.17) is 0 Å². The molecule has 27 heavy (non-hydrogen) atoms. The topological polar surface area (TPSA) is 23.6 Å². The Kier molecular flexibility index (Phi) is 3.29. The molecule has 0 radical (unpaired) electrons. The molecule has 1 unspecified atom stereocenters. The second-order valence-electron chi connectivity index (χ2n) is 11.5. The van der Waals surface area contributed by atoms with Crippen molar-refractivity contribution >= 4 is 6.41 Å². The largest absolute Gasteiger partial charge is 0.345 e. The maximum Gasteiger partial charge on any atom is 0.209 e. The van der Waals surface area contributed by atoms with Crippen molar-refractivity contribution in [2.45, 2.75) is 76.8 Å². The lowest BCUT2D eigenvalue weighted by molar-refractivity contribution is -0.119. The molecule has 3 nitrogen and oxygen atoms in total. The van der Waals surface area contributed by atoms with Crippen LogP contribution in [0.4, 0.5) is 0 Å². The van der Waals surface area contributed by atoms with Crippen LogP contribution in [-0.2, 0) is 4.79 Å². The first-order valence-corrected chi connectivity index (χ1v) is 11.5. The molecular formula is C24H36N2O. The molecule has 0 aromatic heterocycles. The third-order valence-electron chi connectivity index (χ3n) is 11.0. The van der Waals surface area contributed by atoms with Crippen LogP contribution in [-0.4, -0.2) is 48.9 Å². The number of carbonyl (C=O) groups excluding carboxylic acids is 1. The van der Waals surface area contributed by atoms with Crippen molar-refractivity contribution in [1.29, 1.82) is 0 Å². The van der Waals surface area contributed by atoms with Gasteiger partial charge in [0.25, 0.3) is 0 Å². The lowest BCUT2D eigenvalue weighted by atomic mass is 9.46. The highest BCUT2D eigenvalue weighted by Crippen LogP contribution is 2.80. The number of allylic oxidation sites excluding steroid dienone is 1. The van der Waals surface area contributed by atoms with Crippen LogP contribution in [0.3, 0.4) is 0 Å². The molecule has 3 heteroatoms. The first-order chi connectivity index (χ1) is 13.0. The highest BCUT2D eigenvalue weighted by molar-refractivity contribution is 5.47. The quantitative estimate of drug-likeness (QED) is 0.541. The van der Waals surface area contributed by atoms with Gasteiger partial charge in [-0.1, -0.05) is 18.6 Å². The molecule has 0 bridgehead atoms. The molecule has 5 aliphatic carbocycles. The number of likely N-dealkylation sites (tertiary alicyclic amines) is 1. The van der Waals surface area contributed by atoms with Gasteiger partial charge in [-0.2, -0.15) is 0 Å². The first-order valence-electron chi connectivity index (χ1n) is 11.5. The molecule has 6 aliphatic rings. The van der Waals surface area contributed by atoms with Crippen LogP contribution in [0.1, 0.15) is 64.7 Å². The number of amides is 1. The van der Waals surface area contributed by atoms with Crippen LogP contribution in [0.25, 0.3) is 0 Å². The summed E-state index contributed by atoms with van der Waals surface area (Å²) in [7, 11) is 4.37. The summed E-state index contributed by atoms with van der Waals surface area (Å²) in [6.45, 7) is 3.99. The van der Waals surface area contributed by atoms with E-state index in [1.165, 1.54) is 57.9 Å². The average molecular weight is 369 g/mol. The predicted octanol–water partition coefficient (Wildman–Crippen LogP) is 4.09. The molecule has 0 aromatic carbocycles. The fourth-order valence-electron chi connectivity index (χ4n) is 9.64. The summed E-state index contributed by atoms with van der Waals surface area (Å²) in [5, 5.41) is 0. The molecule has 1 saturated heterocycles. The second kappa shape index (κ2) is 5.20. The van der Waals surface area contributed by atoms with Gasteiger partial charge in [0.2, 0.25) is 6.41 Å². The van der Waals surface area contributed by atoms with E-state index >= 15 is 0 Å². The Morgan fingerprint density at radius 2 is 1.93 bits per heavy atom. The van der Waals surface area contributed by atoms with E-state index in [0.29, 0.717) is 16.9 Å². The number of fused-ring (bicyclic) bond motifs is 4. The SMILES string of the molecule is CN(C=O)[C@H]1CC[C@@]2(C)C(=CC[C@@H]3C2CC[C@]24CN(C)[C@H]5C[C@@]52CC[C@@H]34)C1. The van der Waals surface area contributed by atoms with Crippen molar-refractivity contribution in [1.82, 2.24) is 9.80 Å². The van der Waals surface area contributed by atoms with Crippen molar-refractivity contribution in [3.8, 4) is 0 Å². The van der Waals surface area contributed by atoms with Crippen molar-refractivity contribution < 1.29 is 4.79 Å². The van der Waals surface area contributed by atoms with Gasteiger partial charge in [0.05, 0.1) is 0 Å². The van der Waals surface area contributed by atoms with Gasteiger partial charge in [-0.15, -0.1) is 0 Å². The monoisotopic (exact) mass is 368 g/mol. The third-order valence-corrected chi connectivity index (χ3v) is 11.0. The van der Waals surface area contributed by atoms with Gasteiger partial charge in [-0.25, -0.2) is 0 Å². The molecule has 1 aliphatic heterocycles. The fraction of sp³-hybridized carbons (Fsp3) is 0.875. The van der Waals surface area contributed by atoms with Crippen LogP contribution in [0, 0.1) is 34.0 Å². The third kappa shape index (κ3) is 1.86. The van der Waals surface area contributed by atoms with E-state index in [1.54, 1.807) is 5.57 Å². The number of nitrogens with zero attached hydrogens (tertiary/aromatic N) is 2. The molecule has 2 spiro atoms. The molecule has 5 fully saturated rings. The Balaban J connectivity index is 1.32. The minimum Gasteiger partial charge on any atom is -0.345 e. The van der Waals surface area contributed by atoms with E-state index < -0.39 is 0 Å².